The number of hydrogen-bond acceptors (Lipinski definition) is 4. The van der Waals surface area contributed by atoms with E-state index in [9.17, 15) is 4.79 Å². The van der Waals surface area contributed by atoms with E-state index in [1.807, 2.05) is 68.4 Å². The zero-order chi connectivity index (χ0) is 17.6. The summed E-state index contributed by atoms with van der Waals surface area (Å²) in [6.45, 7) is 3.92. The van der Waals surface area contributed by atoms with E-state index >= 15 is 0 Å². The molecule has 3 rings (SSSR count). The Hall–Kier alpha value is -2.66. The Balaban J connectivity index is 1.63. The van der Waals surface area contributed by atoms with Gasteiger partial charge in [-0.05, 0) is 31.5 Å². The molecule has 1 aromatic heterocycles. The van der Waals surface area contributed by atoms with Crippen LogP contribution in [0, 0.1) is 6.92 Å². The minimum absolute atomic E-state index is 0.133. The normalized spacial score (nSPS) is 11.5. The van der Waals surface area contributed by atoms with E-state index in [0.717, 1.165) is 32.6 Å². The van der Waals surface area contributed by atoms with Crippen LogP contribution in [-0.4, -0.2) is 22.4 Å². The Morgan fingerprint density at radius 3 is 2.76 bits per heavy atom. The van der Waals surface area contributed by atoms with Crippen LogP contribution in [-0.2, 0) is 4.79 Å². The van der Waals surface area contributed by atoms with E-state index in [2.05, 4.69) is 15.5 Å². The zero-order valence-electron chi connectivity index (χ0n) is 14.2. The number of aromatic nitrogens is 1. The lowest BCUT2D eigenvalue weighted by Crippen LogP contribution is -2.21. The molecule has 1 N–H and O–H groups in total. The highest BCUT2D eigenvalue weighted by Crippen LogP contribution is 2.25. The van der Waals surface area contributed by atoms with Crippen molar-refractivity contribution in [1.82, 2.24) is 10.4 Å². The summed E-state index contributed by atoms with van der Waals surface area (Å²) in [7, 11) is 0. The van der Waals surface area contributed by atoms with Gasteiger partial charge in [-0.15, -0.1) is 11.8 Å². The lowest BCUT2D eigenvalue weighted by molar-refractivity contribution is -0.118. The Bertz CT molecular complexity index is 932. The molecule has 1 heterocycles. The number of hydrazone groups is 1. The zero-order valence-corrected chi connectivity index (χ0v) is 15.0. The van der Waals surface area contributed by atoms with Crippen LogP contribution >= 0.6 is 11.8 Å². The molecule has 126 valence electrons. The number of pyridine rings is 1. The van der Waals surface area contributed by atoms with Gasteiger partial charge in [-0.1, -0.05) is 42.5 Å². The minimum atomic E-state index is -0.133. The maximum Gasteiger partial charge on any atom is 0.250 e. The predicted octanol–water partition coefficient (Wildman–Crippen LogP) is 4.18. The van der Waals surface area contributed by atoms with Crippen LogP contribution in [0.4, 0.5) is 0 Å². The number of carbonyl (C=O) groups is 1. The van der Waals surface area contributed by atoms with Crippen molar-refractivity contribution < 1.29 is 4.79 Å². The summed E-state index contributed by atoms with van der Waals surface area (Å²) in [6.07, 6.45) is 1.77. The summed E-state index contributed by atoms with van der Waals surface area (Å²) in [4.78, 5) is 17.5. The lowest BCUT2D eigenvalue weighted by atomic mass is 10.1. The van der Waals surface area contributed by atoms with Gasteiger partial charge >= 0.3 is 0 Å². The first-order chi connectivity index (χ1) is 12.1. The van der Waals surface area contributed by atoms with Gasteiger partial charge in [-0.2, -0.15) is 5.10 Å². The topological polar surface area (TPSA) is 54.4 Å². The fraction of sp³-hybridized carbons (Fsp3) is 0.150. The molecule has 0 aliphatic carbocycles. The molecule has 4 nitrogen and oxygen atoms in total. The first-order valence-electron chi connectivity index (χ1n) is 8.01. The van der Waals surface area contributed by atoms with Crippen molar-refractivity contribution in [3.8, 4) is 0 Å². The van der Waals surface area contributed by atoms with Gasteiger partial charge in [0.05, 0.1) is 17.0 Å². The molecule has 5 heteroatoms. The van der Waals surface area contributed by atoms with Gasteiger partial charge in [-0.25, -0.2) is 5.43 Å². The average Bonchev–Trinajstić information content (AvgIpc) is 2.64. The summed E-state index contributed by atoms with van der Waals surface area (Å²) >= 11 is 1.46. The van der Waals surface area contributed by atoms with Crippen molar-refractivity contribution in [3.63, 3.8) is 0 Å². The standard InChI is InChI=1S/C20H19N3OS/c1-14-7-3-4-10-17(14)15(2)22-23-19(24)13-25-18-11-5-8-16-9-6-12-21-20(16)18/h3-12H,13H2,1-2H3,(H,23,24)/b22-15-. The van der Waals surface area contributed by atoms with Crippen molar-refractivity contribution in [2.24, 2.45) is 5.10 Å². The molecule has 0 fully saturated rings. The summed E-state index contributed by atoms with van der Waals surface area (Å²) < 4.78 is 0. The van der Waals surface area contributed by atoms with Crippen molar-refractivity contribution in [1.29, 1.82) is 0 Å². The molecule has 1 amide bonds. The molecule has 0 aliphatic rings. The van der Waals surface area contributed by atoms with Crippen LogP contribution < -0.4 is 5.43 Å². The molecule has 0 atom stereocenters. The molecular formula is C20H19N3OS. The minimum Gasteiger partial charge on any atom is -0.272 e. The van der Waals surface area contributed by atoms with Gasteiger partial charge < -0.3 is 0 Å². The fourth-order valence-corrected chi connectivity index (χ4v) is 3.39. The van der Waals surface area contributed by atoms with Gasteiger partial charge in [-0.3, -0.25) is 9.78 Å². The number of para-hydroxylation sites is 1. The smallest absolute Gasteiger partial charge is 0.250 e. The Morgan fingerprint density at radius 2 is 1.92 bits per heavy atom. The van der Waals surface area contributed by atoms with Gasteiger partial charge in [0.15, 0.2) is 0 Å². The molecular weight excluding hydrogens is 330 g/mol. The average molecular weight is 349 g/mol. The Labute approximate surface area is 151 Å². The first-order valence-corrected chi connectivity index (χ1v) is 8.99. The van der Waals surface area contributed by atoms with Gasteiger partial charge in [0.25, 0.3) is 0 Å². The van der Waals surface area contributed by atoms with Crippen molar-refractivity contribution in [2.75, 3.05) is 5.75 Å². The molecule has 0 bridgehead atoms. The van der Waals surface area contributed by atoms with E-state index in [1.54, 1.807) is 6.20 Å². The fourth-order valence-electron chi connectivity index (χ4n) is 2.55. The molecule has 0 saturated heterocycles. The maximum atomic E-state index is 12.1. The molecule has 0 radical (unpaired) electrons. The quantitative estimate of drug-likeness (QED) is 0.427. The number of nitrogens with one attached hydrogen (secondary N) is 1. The summed E-state index contributed by atoms with van der Waals surface area (Å²) in [5, 5.41) is 5.29. The van der Waals surface area contributed by atoms with Crippen molar-refractivity contribution >= 4 is 34.3 Å². The van der Waals surface area contributed by atoms with Gasteiger partial charge in [0, 0.05) is 22.0 Å². The van der Waals surface area contributed by atoms with Gasteiger partial charge in [0.2, 0.25) is 5.91 Å². The number of aryl methyl sites for hydroxylation is 1. The number of fused-ring (bicyclic) bond motifs is 1. The molecule has 3 aromatic rings. The number of thioether (sulfide) groups is 1. The second-order valence-electron chi connectivity index (χ2n) is 5.67. The monoisotopic (exact) mass is 349 g/mol. The summed E-state index contributed by atoms with van der Waals surface area (Å²) in [6, 6.07) is 17.9. The van der Waals surface area contributed by atoms with E-state index < -0.39 is 0 Å². The molecule has 0 saturated carbocycles. The highest BCUT2D eigenvalue weighted by atomic mass is 32.2. The second-order valence-corrected chi connectivity index (χ2v) is 6.68. The summed E-state index contributed by atoms with van der Waals surface area (Å²) in [5.41, 5.74) is 6.52. The third-order valence-corrected chi connectivity index (χ3v) is 4.88. The molecule has 2 aromatic carbocycles. The van der Waals surface area contributed by atoms with Crippen LogP contribution in [0.1, 0.15) is 18.1 Å². The third kappa shape index (κ3) is 4.25. The molecule has 0 spiro atoms. The van der Waals surface area contributed by atoms with Crippen LogP contribution in [0.5, 0.6) is 0 Å². The highest BCUT2D eigenvalue weighted by molar-refractivity contribution is 8.00. The van der Waals surface area contributed by atoms with Crippen LogP contribution in [0.15, 0.2) is 70.8 Å². The van der Waals surface area contributed by atoms with Crippen molar-refractivity contribution in [2.45, 2.75) is 18.7 Å². The van der Waals surface area contributed by atoms with E-state index in [0.29, 0.717) is 5.75 Å². The molecule has 0 aliphatic heterocycles. The molecule has 0 unspecified atom stereocenters. The SMILES string of the molecule is C/C(=N/NC(=O)CSc1cccc2cccnc12)c1ccccc1C. The maximum absolute atomic E-state index is 12.1. The number of rotatable bonds is 5. The highest BCUT2D eigenvalue weighted by Gasteiger charge is 2.07. The van der Waals surface area contributed by atoms with Crippen molar-refractivity contribution in [3.05, 3.63) is 71.9 Å². The number of amides is 1. The van der Waals surface area contributed by atoms with Crippen LogP contribution in [0.3, 0.4) is 0 Å². The largest absolute Gasteiger partial charge is 0.272 e. The van der Waals surface area contributed by atoms with Crippen LogP contribution in [0.25, 0.3) is 10.9 Å². The summed E-state index contributed by atoms with van der Waals surface area (Å²) in [5.74, 6) is 0.158. The Kier molecular flexibility index (Phi) is 5.46. The van der Waals surface area contributed by atoms with E-state index in [4.69, 9.17) is 0 Å². The van der Waals surface area contributed by atoms with E-state index in [-0.39, 0.29) is 5.91 Å². The van der Waals surface area contributed by atoms with E-state index in [1.165, 1.54) is 11.8 Å². The number of hydrogen-bond donors (Lipinski definition) is 1. The lowest BCUT2D eigenvalue weighted by Gasteiger charge is -2.06. The first kappa shape index (κ1) is 17.2. The number of nitrogens with zero attached hydrogens (tertiary/aromatic N) is 2. The second kappa shape index (κ2) is 7.94. The number of carbonyl (C=O) groups excluding carboxylic acids is 1. The predicted molar refractivity (Wildman–Crippen MR) is 104 cm³/mol. The van der Waals surface area contributed by atoms with Gasteiger partial charge in [0.1, 0.15) is 0 Å². The third-order valence-electron chi connectivity index (χ3n) is 3.84. The molecule has 25 heavy (non-hydrogen) atoms. The van der Waals surface area contributed by atoms with Crippen LogP contribution in [0.2, 0.25) is 0 Å². The Morgan fingerprint density at radius 1 is 1.12 bits per heavy atom. The number of benzene rings is 2.